The van der Waals surface area contributed by atoms with Gasteiger partial charge in [-0.3, -0.25) is 19.4 Å². The number of hydrogen-bond acceptors (Lipinski definition) is 8. The Balaban J connectivity index is 1.44. The number of rotatable bonds is 6. The van der Waals surface area contributed by atoms with E-state index in [1.807, 2.05) is 12.1 Å². The molecule has 2 aliphatic rings. The summed E-state index contributed by atoms with van der Waals surface area (Å²) in [5, 5.41) is 5.87. The maximum Gasteiger partial charge on any atom is 0.257 e. The monoisotopic (exact) mass is 485 g/mol. The van der Waals surface area contributed by atoms with Crippen LogP contribution in [-0.4, -0.2) is 46.5 Å². The van der Waals surface area contributed by atoms with Crippen molar-refractivity contribution in [3.05, 3.63) is 88.5 Å². The molecule has 2 aromatic rings. The van der Waals surface area contributed by atoms with Crippen molar-refractivity contribution >= 4 is 23.4 Å². The molecule has 184 valence electrons. The second kappa shape index (κ2) is 9.87. The molecule has 0 saturated carbocycles. The number of ketones is 1. The lowest BCUT2D eigenvalue weighted by molar-refractivity contribution is -0.122. The highest BCUT2D eigenvalue weighted by atomic mass is 16.2. The fourth-order valence-corrected chi connectivity index (χ4v) is 3.98. The van der Waals surface area contributed by atoms with Gasteiger partial charge in [-0.15, -0.1) is 0 Å². The summed E-state index contributed by atoms with van der Waals surface area (Å²) in [6.45, 7) is 3.73. The van der Waals surface area contributed by atoms with E-state index in [1.165, 1.54) is 6.20 Å². The number of carbonyl (C=O) groups is 3. The molecule has 1 atom stereocenters. The second-order valence-electron chi connectivity index (χ2n) is 8.65. The number of Topliss-reactive ketones (excluding diaryl/α,β-unsaturated/α-hetero) is 1. The van der Waals surface area contributed by atoms with Crippen LogP contribution in [0.4, 0.5) is 0 Å². The summed E-state index contributed by atoms with van der Waals surface area (Å²) in [5.41, 5.74) is 15.4. The van der Waals surface area contributed by atoms with Crippen molar-refractivity contribution in [3.63, 3.8) is 0 Å². The highest BCUT2D eigenvalue weighted by molar-refractivity contribution is 6.27. The quantitative estimate of drug-likeness (QED) is 0.450. The van der Waals surface area contributed by atoms with E-state index in [1.54, 1.807) is 62.3 Å². The SMILES string of the molecule is CC1=C2C(=O)C(C(=O)NCc3ccc(-c4ccc(C(N)=O)cc4)nc3)=CN(C)C2N=C(/C=C(/C)N)N1. The molecule has 0 spiro atoms. The van der Waals surface area contributed by atoms with Crippen LogP contribution in [0.3, 0.4) is 0 Å². The number of amidine groups is 1. The van der Waals surface area contributed by atoms with Gasteiger partial charge in [0.15, 0.2) is 6.17 Å². The molecule has 4 rings (SSSR count). The third kappa shape index (κ3) is 5.02. The number of primary amides is 1. The number of allylic oxidation sites excluding steroid dienone is 2. The van der Waals surface area contributed by atoms with Crippen molar-refractivity contribution in [2.24, 2.45) is 16.5 Å². The van der Waals surface area contributed by atoms with Gasteiger partial charge in [-0.1, -0.05) is 18.2 Å². The lowest BCUT2D eigenvalue weighted by atomic mass is 9.94. The molecular weight excluding hydrogens is 458 g/mol. The number of nitrogens with two attached hydrogens (primary N) is 2. The Morgan fingerprint density at radius 2 is 1.89 bits per heavy atom. The Labute approximate surface area is 208 Å². The molecule has 0 fully saturated rings. The molecule has 3 heterocycles. The average Bonchev–Trinajstić information content (AvgIpc) is 2.84. The van der Waals surface area contributed by atoms with Crippen LogP contribution in [0.2, 0.25) is 0 Å². The molecule has 1 unspecified atom stereocenters. The van der Waals surface area contributed by atoms with Gasteiger partial charge in [0, 0.05) is 48.5 Å². The van der Waals surface area contributed by atoms with Crippen molar-refractivity contribution in [2.75, 3.05) is 7.05 Å². The lowest BCUT2D eigenvalue weighted by Crippen LogP contribution is -2.45. The van der Waals surface area contributed by atoms with E-state index in [2.05, 4.69) is 20.6 Å². The molecule has 2 aliphatic heterocycles. The van der Waals surface area contributed by atoms with Crippen LogP contribution >= 0.6 is 0 Å². The fraction of sp³-hybridized carbons (Fsp3) is 0.192. The predicted octanol–water partition coefficient (Wildman–Crippen LogP) is 1.33. The van der Waals surface area contributed by atoms with Gasteiger partial charge in [0.1, 0.15) is 11.4 Å². The number of aromatic nitrogens is 1. The van der Waals surface area contributed by atoms with Gasteiger partial charge < -0.3 is 27.0 Å². The van der Waals surface area contributed by atoms with E-state index < -0.39 is 18.0 Å². The third-order valence-corrected chi connectivity index (χ3v) is 5.80. The highest BCUT2D eigenvalue weighted by Gasteiger charge is 2.37. The van der Waals surface area contributed by atoms with Gasteiger partial charge >= 0.3 is 0 Å². The summed E-state index contributed by atoms with van der Waals surface area (Å²) < 4.78 is 0. The van der Waals surface area contributed by atoms with Crippen LogP contribution in [0, 0.1) is 0 Å². The zero-order chi connectivity index (χ0) is 26.0. The average molecular weight is 486 g/mol. The predicted molar refractivity (Wildman–Crippen MR) is 136 cm³/mol. The number of benzene rings is 1. The molecule has 0 aliphatic carbocycles. The summed E-state index contributed by atoms with van der Waals surface area (Å²) in [4.78, 5) is 48.0. The number of fused-ring (bicyclic) bond motifs is 1. The van der Waals surface area contributed by atoms with Gasteiger partial charge in [0.2, 0.25) is 11.7 Å². The van der Waals surface area contributed by atoms with Gasteiger partial charge in [-0.25, -0.2) is 4.99 Å². The Kier molecular flexibility index (Phi) is 6.69. The van der Waals surface area contributed by atoms with Crippen LogP contribution in [-0.2, 0) is 16.1 Å². The number of likely N-dealkylation sites (N-methyl/N-ethyl adjacent to an activating group) is 1. The lowest BCUT2D eigenvalue weighted by Gasteiger charge is -2.35. The smallest absolute Gasteiger partial charge is 0.257 e. The molecule has 1 aromatic heterocycles. The Morgan fingerprint density at radius 3 is 2.50 bits per heavy atom. The van der Waals surface area contributed by atoms with Crippen LogP contribution in [0.25, 0.3) is 11.3 Å². The summed E-state index contributed by atoms with van der Waals surface area (Å²) >= 11 is 0. The molecule has 0 bridgehead atoms. The van der Waals surface area contributed by atoms with Gasteiger partial charge in [0.05, 0.1) is 11.3 Å². The van der Waals surface area contributed by atoms with Crippen LogP contribution in [0.1, 0.15) is 29.8 Å². The van der Waals surface area contributed by atoms with Crippen molar-refractivity contribution < 1.29 is 14.4 Å². The minimum absolute atomic E-state index is 0.0354. The molecule has 0 radical (unpaired) electrons. The highest BCUT2D eigenvalue weighted by Crippen LogP contribution is 2.27. The zero-order valence-electron chi connectivity index (χ0n) is 20.2. The molecule has 1 aromatic carbocycles. The van der Waals surface area contributed by atoms with E-state index >= 15 is 0 Å². The van der Waals surface area contributed by atoms with Crippen molar-refractivity contribution in [1.82, 2.24) is 20.5 Å². The van der Waals surface area contributed by atoms with E-state index in [0.29, 0.717) is 34.1 Å². The first kappa shape index (κ1) is 24.4. The van der Waals surface area contributed by atoms with Gasteiger partial charge in [-0.2, -0.15) is 0 Å². The minimum atomic E-state index is -0.533. The number of carbonyl (C=O) groups excluding carboxylic acids is 3. The van der Waals surface area contributed by atoms with Gasteiger partial charge in [0.25, 0.3) is 5.91 Å². The summed E-state index contributed by atoms with van der Waals surface area (Å²) in [6, 6.07) is 10.5. The Hall–Kier alpha value is -4.73. The summed E-state index contributed by atoms with van der Waals surface area (Å²) in [5.74, 6) is -0.785. The van der Waals surface area contributed by atoms with E-state index in [9.17, 15) is 14.4 Å². The third-order valence-electron chi connectivity index (χ3n) is 5.80. The standard InChI is InChI=1S/C26H27N7O3/c1-14(27)10-21-31-15(2)22-23(34)19(13-33(3)25(22)32-21)26(36)30-12-16-4-9-20(29-11-16)17-5-7-18(8-6-17)24(28)35/h4-11,13,25H,12,27H2,1-3H3,(H2,28,35)(H,30,36)(H,31,32)/b14-10-. The van der Waals surface area contributed by atoms with E-state index in [-0.39, 0.29) is 17.9 Å². The number of nitrogens with zero attached hydrogens (tertiary/aromatic N) is 3. The molecule has 36 heavy (non-hydrogen) atoms. The molecule has 6 N–H and O–H groups in total. The first-order valence-corrected chi connectivity index (χ1v) is 11.2. The molecular formula is C26H27N7O3. The first-order chi connectivity index (χ1) is 17.1. The molecule has 10 nitrogen and oxygen atoms in total. The van der Waals surface area contributed by atoms with E-state index in [0.717, 1.165) is 11.1 Å². The Bertz CT molecular complexity index is 1350. The van der Waals surface area contributed by atoms with E-state index in [4.69, 9.17) is 11.5 Å². The maximum absolute atomic E-state index is 13.2. The van der Waals surface area contributed by atoms with Crippen molar-refractivity contribution in [1.29, 1.82) is 0 Å². The largest absolute Gasteiger partial charge is 0.402 e. The zero-order valence-corrected chi connectivity index (χ0v) is 20.2. The van der Waals surface area contributed by atoms with Crippen LogP contribution in [0.5, 0.6) is 0 Å². The Morgan fingerprint density at radius 1 is 1.17 bits per heavy atom. The van der Waals surface area contributed by atoms with Crippen LogP contribution in [0.15, 0.2) is 82.4 Å². The summed E-state index contributed by atoms with van der Waals surface area (Å²) in [7, 11) is 1.77. The van der Waals surface area contributed by atoms with Crippen molar-refractivity contribution in [2.45, 2.75) is 26.6 Å². The maximum atomic E-state index is 13.2. The normalized spacial score (nSPS) is 17.6. The number of aliphatic imine (C=N–C) groups is 1. The summed E-state index contributed by atoms with van der Waals surface area (Å²) in [6.07, 6.45) is 4.33. The number of nitrogens with one attached hydrogen (secondary N) is 2. The number of hydrogen-bond donors (Lipinski definition) is 4. The van der Waals surface area contributed by atoms with Gasteiger partial charge in [-0.05, 0) is 43.7 Å². The van der Waals surface area contributed by atoms with Crippen LogP contribution < -0.4 is 22.1 Å². The number of amides is 2. The topological polar surface area (TPSA) is 156 Å². The van der Waals surface area contributed by atoms with Crippen molar-refractivity contribution in [3.8, 4) is 11.3 Å². The minimum Gasteiger partial charge on any atom is -0.402 e. The second-order valence-corrected chi connectivity index (χ2v) is 8.65. The molecule has 2 amide bonds. The first-order valence-electron chi connectivity index (χ1n) is 11.2. The molecule has 10 heteroatoms. The molecule has 0 saturated heterocycles. The number of pyridine rings is 1. The fourth-order valence-electron chi connectivity index (χ4n) is 3.98.